The fraction of sp³-hybridized carbons (Fsp3) is 0.571. The molecular weight excluding hydrogens is 285 g/mol. The molecule has 2 atom stereocenters. The van der Waals surface area contributed by atoms with Crippen LogP contribution in [-0.4, -0.2) is 26.4 Å². The Hall–Kier alpha value is -0.480. The van der Waals surface area contributed by atoms with Crippen molar-refractivity contribution >= 4 is 23.2 Å². The Balaban J connectivity index is 2.32. The van der Waals surface area contributed by atoms with Crippen LogP contribution in [0.25, 0.3) is 0 Å². The maximum atomic E-state index is 6.35. The SMILES string of the molecule is CCNC(c1cc(Cl)c(OC)cc1Cl)C1CCCO1. The molecule has 106 valence electrons. The van der Waals surface area contributed by atoms with Gasteiger partial charge in [0.25, 0.3) is 0 Å². The molecule has 2 unspecified atom stereocenters. The molecule has 1 N–H and O–H groups in total. The molecule has 1 heterocycles. The van der Waals surface area contributed by atoms with Gasteiger partial charge >= 0.3 is 0 Å². The predicted molar refractivity (Wildman–Crippen MR) is 78.4 cm³/mol. The van der Waals surface area contributed by atoms with Gasteiger partial charge in [-0.3, -0.25) is 0 Å². The number of likely N-dealkylation sites (N-methyl/N-ethyl adjacent to an activating group) is 1. The molecule has 3 nitrogen and oxygen atoms in total. The highest BCUT2D eigenvalue weighted by atomic mass is 35.5. The molecule has 0 aliphatic carbocycles. The Morgan fingerprint density at radius 1 is 1.42 bits per heavy atom. The van der Waals surface area contributed by atoms with E-state index in [9.17, 15) is 0 Å². The van der Waals surface area contributed by atoms with Crippen LogP contribution in [0.15, 0.2) is 12.1 Å². The minimum atomic E-state index is 0.0726. The first-order valence-corrected chi connectivity index (χ1v) is 7.30. The molecule has 1 aliphatic heterocycles. The zero-order chi connectivity index (χ0) is 13.8. The normalized spacial score (nSPS) is 20.5. The second-order valence-corrected chi connectivity index (χ2v) is 5.41. The summed E-state index contributed by atoms with van der Waals surface area (Å²) in [6.07, 6.45) is 2.29. The van der Waals surface area contributed by atoms with Gasteiger partial charge in [0, 0.05) is 17.7 Å². The van der Waals surface area contributed by atoms with Crippen LogP contribution in [0.1, 0.15) is 31.4 Å². The van der Waals surface area contributed by atoms with Gasteiger partial charge in [0.05, 0.1) is 24.3 Å². The van der Waals surface area contributed by atoms with Crippen LogP contribution in [0.4, 0.5) is 0 Å². The van der Waals surface area contributed by atoms with Crippen molar-refractivity contribution in [3.05, 3.63) is 27.7 Å². The summed E-state index contributed by atoms with van der Waals surface area (Å²) in [5.41, 5.74) is 0.973. The number of rotatable bonds is 5. The van der Waals surface area contributed by atoms with Gasteiger partial charge in [-0.05, 0) is 31.0 Å². The van der Waals surface area contributed by atoms with Crippen molar-refractivity contribution in [3.8, 4) is 5.75 Å². The van der Waals surface area contributed by atoms with Crippen LogP contribution in [0, 0.1) is 0 Å². The van der Waals surface area contributed by atoms with Crippen molar-refractivity contribution in [3.63, 3.8) is 0 Å². The number of nitrogens with one attached hydrogen (secondary N) is 1. The van der Waals surface area contributed by atoms with Crippen molar-refractivity contribution in [1.29, 1.82) is 0 Å². The summed E-state index contributed by atoms with van der Waals surface area (Å²) in [5.74, 6) is 0.595. The molecule has 1 saturated heterocycles. The lowest BCUT2D eigenvalue weighted by atomic mass is 9.99. The van der Waals surface area contributed by atoms with Gasteiger partial charge in [-0.1, -0.05) is 30.1 Å². The van der Waals surface area contributed by atoms with Crippen LogP contribution in [0.5, 0.6) is 5.75 Å². The van der Waals surface area contributed by atoms with Gasteiger partial charge in [0.1, 0.15) is 5.75 Å². The summed E-state index contributed by atoms with van der Waals surface area (Å²) in [5, 5.41) is 4.66. The highest BCUT2D eigenvalue weighted by molar-refractivity contribution is 6.34. The van der Waals surface area contributed by atoms with E-state index in [-0.39, 0.29) is 12.1 Å². The zero-order valence-corrected chi connectivity index (χ0v) is 12.7. The van der Waals surface area contributed by atoms with E-state index >= 15 is 0 Å². The molecule has 19 heavy (non-hydrogen) atoms. The number of halogens is 2. The van der Waals surface area contributed by atoms with Gasteiger partial charge in [-0.15, -0.1) is 0 Å². The maximum Gasteiger partial charge on any atom is 0.138 e. The van der Waals surface area contributed by atoms with Gasteiger partial charge in [0.15, 0.2) is 0 Å². The smallest absolute Gasteiger partial charge is 0.138 e. The van der Waals surface area contributed by atoms with E-state index in [2.05, 4.69) is 12.2 Å². The van der Waals surface area contributed by atoms with E-state index in [0.29, 0.717) is 15.8 Å². The van der Waals surface area contributed by atoms with Crippen molar-refractivity contribution in [2.75, 3.05) is 20.3 Å². The molecule has 0 amide bonds. The average molecular weight is 304 g/mol. The molecule has 0 saturated carbocycles. The highest BCUT2D eigenvalue weighted by Gasteiger charge is 2.28. The third-order valence-corrected chi connectivity index (χ3v) is 3.99. The van der Waals surface area contributed by atoms with Crippen molar-refractivity contribution in [2.45, 2.75) is 31.9 Å². The van der Waals surface area contributed by atoms with E-state index in [1.54, 1.807) is 13.2 Å². The fourth-order valence-corrected chi connectivity index (χ4v) is 2.99. The first-order chi connectivity index (χ1) is 9.17. The summed E-state index contributed by atoms with van der Waals surface area (Å²) in [7, 11) is 1.58. The molecule has 2 rings (SSSR count). The fourth-order valence-electron chi connectivity index (χ4n) is 2.47. The van der Waals surface area contributed by atoms with Gasteiger partial charge in [0.2, 0.25) is 0 Å². The summed E-state index contributed by atoms with van der Waals surface area (Å²) in [6.45, 7) is 3.74. The van der Waals surface area contributed by atoms with Crippen LogP contribution < -0.4 is 10.1 Å². The van der Waals surface area contributed by atoms with Gasteiger partial charge < -0.3 is 14.8 Å². The van der Waals surface area contributed by atoms with E-state index in [4.69, 9.17) is 32.7 Å². The van der Waals surface area contributed by atoms with E-state index in [1.807, 2.05) is 6.07 Å². The van der Waals surface area contributed by atoms with Crippen LogP contribution in [-0.2, 0) is 4.74 Å². The number of hydrogen-bond acceptors (Lipinski definition) is 3. The number of benzene rings is 1. The Morgan fingerprint density at radius 2 is 2.21 bits per heavy atom. The zero-order valence-electron chi connectivity index (χ0n) is 11.2. The lowest BCUT2D eigenvalue weighted by Gasteiger charge is -2.25. The Labute approximate surface area is 124 Å². The molecule has 0 spiro atoms. The predicted octanol–water partition coefficient (Wildman–Crippen LogP) is 3.83. The Morgan fingerprint density at radius 3 is 2.79 bits per heavy atom. The average Bonchev–Trinajstić information content (AvgIpc) is 2.92. The number of hydrogen-bond donors (Lipinski definition) is 1. The third kappa shape index (κ3) is 3.34. The largest absolute Gasteiger partial charge is 0.495 e. The summed E-state index contributed by atoms with van der Waals surface area (Å²) in [6, 6.07) is 3.71. The summed E-state index contributed by atoms with van der Waals surface area (Å²) in [4.78, 5) is 0. The van der Waals surface area contributed by atoms with Crippen molar-refractivity contribution < 1.29 is 9.47 Å². The van der Waals surface area contributed by atoms with Crippen molar-refractivity contribution in [2.24, 2.45) is 0 Å². The molecule has 0 bridgehead atoms. The summed E-state index contributed by atoms with van der Waals surface area (Å²) < 4.78 is 11.0. The maximum absolute atomic E-state index is 6.35. The van der Waals surface area contributed by atoms with Crippen LogP contribution in [0.2, 0.25) is 10.0 Å². The van der Waals surface area contributed by atoms with Gasteiger partial charge in [-0.2, -0.15) is 0 Å². The minimum Gasteiger partial charge on any atom is -0.495 e. The Bertz CT molecular complexity index is 434. The monoisotopic (exact) mass is 303 g/mol. The number of ether oxygens (including phenoxy) is 2. The lowest BCUT2D eigenvalue weighted by molar-refractivity contribution is 0.0788. The molecule has 1 aromatic rings. The second kappa shape index (κ2) is 6.80. The van der Waals surface area contributed by atoms with Crippen LogP contribution in [0.3, 0.4) is 0 Å². The van der Waals surface area contributed by atoms with Gasteiger partial charge in [-0.25, -0.2) is 0 Å². The first-order valence-electron chi connectivity index (χ1n) is 6.55. The van der Waals surface area contributed by atoms with E-state index in [1.165, 1.54) is 0 Å². The molecule has 1 fully saturated rings. The highest BCUT2D eigenvalue weighted by Crippen LogP contribution is 2.37. The number of methoxy groups -OCH3 is 1. The molecule has 0 radical (unpaired) electrons. The molecule has 5 heteroatoms. The minimum absolute atomic E-state index is 0.0726. The molecule has 0 aromatic heterocycles. The standard InChI is InChI=1S/C14H19Cl2NO2/c1-3-17-14(12-5-4-6-19-12)9-7-11(16)13(18-2)8-10(9)15/h7-8,12,14,17H,3-6H2,1-2H3. The second-order valence-electron chi connectivity index (χ2n) is 4.60. The molecule has 1 aliphatic rings. The van der Waals surface area contributed by atoms with E-state index in [0.717, 1.165) is 31.6 Å². The Kier molecular flexibility index (Phi) is 5.34. The topological polar surface area (TPSA) is 30.5 Å². The first kappa shape index (κ1) is 14.9. The van der Waals surface area contributed by atoms with Crippen LogP contribution >= 0.6 is 23.2 Å². The van der Waals surface area contributed by atoms with E-state index < -0.39 is 0 Å². The van der Waals surface area contributed by atoms with Crippen molar-refractivity contribution in [1.82, 2.24) is 5.32 Å². The lowest BCUT2D eigenvalue weighted by Crippen LogP contribution is -2.31. The molecular formula is C14H19Cl2NO2. The molecule has 1 aromatic carbocycles. The third-order valence-electron chi connectivity index (χ3n) is 3.37. The summed E-state index contributed by atoms with van der Waals surface area (Å²) >= 11 is 12.6. The quantitative estimate of drug-likeness (QED) is 0.896.